The Labute approximate surface area is 98.2 Å². The molecule has 1 fully saturated rings. The summed E-state index contributed by atoms with van der Waals surface area (Å²) in [5.41, 5.74) is 1.27. The first-order valence-electron chi connectivity index (χ1n) is 6.42. The molecule has 1 aromatic rings. The largest absolute Gasteiger partial charge is 0.308 e. The standard InChI is InChI=1S/C13H23N3/c1-4-11-5-6-13(10(11)2)14-9-12-7-8-15-16(12)3/h7-8,10-11,13-14H,4-6,9H2,1-3H3. The van der Waals surface area contributed by atoms with E-state index in [4.69, 9.17) is 0 Å². The van der Waals surface area contributed by atoms with Gasteiger partial charge < -0.3 is 5.32 Å². The van der Waals surface area contributed by atoms with Gasteiger partial charge in [0.05, 0.1) is 5.69 Å². The highest BCUT2D eigenvalue weighted by Crippen LogP contribution is 2.33. The van der Waals surface area contributed by atoms with Crippen LogP contribution in [-0.2, 0) is 13.6 Å². The van der Waals surface area contributed by atoms with Crippen molar-refractivity contribution in [2.75, 3.05) is 0 Å². The van der Waals surface area contributed by atoms with E-state index in [2.05, 4.69) is 30.3 Å². The first-order valence-corrected chi connectivity index (χ1v) is 6.42. The summed E-state index contributed by atoms with van der Waals surface area (Å²) in [6, 6.07) is 2.78. The fourth-order valence-corrected chi connectivity index (χ4v) is 2.92. The van der Waals surface area contributed by atoms with Gasteiger partial charge in [-0.3, -0.25) is 4.68 Å². The minimum Gasteiger partial charge on any atom is -0.308 e. The molecule has 1 aromatic heterocycles. The highest BCUT2D eigenvalue weighted by atomic mass is 15.3. The average molecular weight is 221 g/mol. The van der Waals surface area contributed by atoms with Crippen LogP contribution < -0.4 is 5.32 Å². The van der Waals surface area contributed by atoms with E-state index in [-0.39, 0.29) is 0 Å². The van der Waals surface area contributed by atoms with Crippen LogP contribution >= 0.6 is 0 Å². The summed E-state index contributed by atoms with van der Waals surface area (Å²) < 4.78 is 1.95. The second-order valence-corrected chi connectivity index (χ2v) is 5.04. The summed E-state index contributed by atoms with van der Waals surface area (Å²) >= 11 is 0. The minimum absolute atomic E-state index is 0.694. The number of rotatable bonds is 4. The molecular formula is C13H23N3. The van der Waals surface area contributed by atoms with Crippen molar-refractivity contribution in [1.29, 1.82) is 0 Å². The average Bonchev–Trinajstić information content (AvgIpc) is 2.83. The molecule has 0 amide bonds. The van der Waals surface area contributed by atoms with Gasteiger partial charge in [-0.05, 0) is 30.7 Å². The summed E-state index contributed by atoms with van der Waals surface area (Å²) in [4.78, 5) is 0. The van der Waals surface area contributed by atoms with Gasteiger partial charge in [0.1, 0.15) is 0 Å². The monoisotopic (exact) mass is 221 g/mol. The molecule has 16 heavy (non-hydrogen) atoms. The highest BCUT2D eigenvalue weighted by molar-refractivity contribution is 5.00. The summed E-state index contributed by atoms with van der Waals surface area (Å²) in [7, 11) is 2.00. The smallest absolute Gasteiger partial charge is 0.0518 e. The van der Waals surface area contributed by atoms with Gasteiger partial charge in [-0.15, -0.1) is 0 Å². The Morgan fingerprint density at radius 2 is 2.31 bits per heavy atom. The fourth-order valence-electron chi connectivity index (χ4n) is 2.92. The van der Waals surface area contributed by atoms with Crippen LogP contribution in [0.1, 0.15) is 38.8 Å². The van der Waals surface area contributed by atoms with E-state index in [9.17, 15) is 0 Å². The molecule has 1 aliphatic carbocycles. The lowest BCUT2D eigenvalue weighted by Gasteiger charge is -2.21. The zero-order valence-corrected chi connectivity index (χ0v) is 10.6. The van der Waals surface area contributed by atoms with Crippen molar-refractivity contribution < 1.29 is 0 Å². The van der Waals surface area contributed by atoms with Crippen molar-refractivity contribution in [1.82, 2.24) is 15.1 Å². The summed E-state index contributed by atoms with van der Waals surface area (Å²) in [5.74, 6) is 1.74. The van der Waals surface area contributed by atoms with Crippen molar-refractivity contribution in [3.63, 3.8) is 0 Å². The zero-order valence-electron chi connectivity index (χ0n) is 10.6. The Balaban J connectivity index is 1.85. The molecule has 0 radical (unpaired) electrons. The fraction of sp³-hybridized carbons (Fsp3) is 0.769. The molecule has 0 aromatic carbocycles. The van der Waals surface area contributed by atoms with Gasteiger partial charge in [0.25, 0.3) is 0 Å². The number of nitrogens with zero attached hydrogens (tertiary/aromatic N) is 2. The number of aromatic nitrogens is 2. The Kier molecular flexibility index (Phi) is 3.64. The van der Waals surface area contributed by atoms with Crippen molar-refractivity contribution in [3.8, 4) is 0 Å². The predicted octanol–water partition coefficient (Wildman–Crippen LogP) is 2.33. The minimum atomic E-state index is 0.694. The number of hydrogen-bond donors (Lipinski definition) is 1. The van der Waals surface area contributed by atoms with E-state index >= 15 is 0 Å². The molecule has 1 N–H and O–H groups in total. The number of aryl methyl sites for hydroxylation is 1. The van der Waals surface area contributed by atoms with Crippen LogP contribution in [0.25, 0.3) is 0 Å². The maximum absolute atomic E-state index is 4.19. The second-order valence-electron chi connectivity index (χ2n) is 5.04. The third-order valence-corrected chi connectivity index (χ3v) is 4.22. The SMILES string of the molecule is CCC1CCC(NCc2ccnn2C)C1C. The molecule has 3 atom stereocenters. The molecule has 3 heteroatoms. The van der Waals surface area contributed by atoms with Gasteiger partial charge in [-0.25, -0.2) is 0 Å². The van der Waals surface area contributed by atoms with Crippen LogP contribution in [-0.4, -0.2) is 15.8 Å². The van der Waals surface area contributed by atoms with Crippen molar-refractivity contribution >= 4 is 0 Å². The van der Waals surface area contributed by atoms with Crippen LogP contribution in [0, 0.1) is 11.8 Å². The predicted molar refractivity (Wildman–Crippen MR) is 66.0 cm³/mol. The maximum atomic E-state index is 4.19. The summed E-state index contributed by atoms with van der Waals surface area (Å²) in [6.45, 7) is 5.65. The Bertz CT molecular complexity index is 332. The van der Waals surface area contributed by atoms with E-state index in [1.807, 2.05) is 17.9 Å². The van der Waals surface area contributed by atoms with Crippen LogP contribution in [0.3, 0.4) is 0 Å². The van der Waals surface area contributed by atoms with E-state index in [1.165, 1.54) is 25.0 Å². The molecule has 0 bridgehead atoms. The molecule has 3 nitrogen and oxygen atoms in total. The van der Waals surface area contributed by atoms with E-state index in [0.717, 1.165) is 18.4 Å². The molecule has 3 unspecified atom stereocenters. The van der Waals surface area contributed by atoms with Crippen molar-refractivity contribution in [2.45, 2.75) is 45.7 Å². The van der Waals surface area contributed by atoms with Gasteiger partial charge >= 0.3 is 0 Å². The van der Waals surface area contributed by atoms with Crippen LogP contribution in [0.15, 0.2) is 12.3 Å². The molecule has 0 saturated heterocycles. The molecule has 90 valence electrons. The lowest BCUT2D eigenvalue weighted by atomic mass is 9.93. The molecule has 0 aliphatic heterocycles. The lowest BCUT2D eigenvalue weighted by molar-refractivity contribution is 0.342. The summed E-state index contributed by atoms with van der Waals surface area (Å²) in [6.07, 6.45) is 5.91. The second kappa shape index (κ2) is 5.00. The van der Waals surface area contributed by atoms with Crippen LogP contribution in [0.5, 0.6) is 0 Å². The van der Waals surface area contributed by atoms with Crippen LogP contribution in [0.2, 0.25) is 0 Å². The molecule has 1 heterocycles. The number of hydrogen-bond acceptors (Lipinski definition) is 2. The molecule has 1 saturated carbocycles. The molecule has 1 aliphatic rings. The van der Waals surface area contributed by atoms with Crippen molar-refractivity contribution in [3.05, 3.63) is 18.0 Å². The third kappa shape index (κ3) is 2.29. The molecular weight excluding hydrogens is 198 g/mol. The maximum Gasteiger partial charge on any atom is 0.0518 e. The number of nitrogens with one attached hydrogen (secondary N) is 1. The Hall–Kier alpha value is -0.830. The first kappa shape index (κ1) is 11.6. The van der Waals surface area contributed by atoms with Crippen molar-refractivity contribution in [2.24, 2.45) is 18.9 Å². The molecule has 2 rings (SSSR count). The normalized spacial score (nSPS) is 29.8. The summed E-state index contributed by atoms with van der Waals surface area (Å²) in [5, 5.41) is 7.87. The molecule has 0 spiro atoms. The Morgan fingerprint density at radius 1 is 1.50 bits per heavy atom. The van der Waals surface area contributed by atoms with Gasteiger partial charge in [-0.1, -0.05) is 20.3 Å². The van der Waals surface area contributed by atoms with Gasteiger partial charge in [0.15, 0.2) is 0 Å². The zero-order chi connectivity index (χ0) is 11.5. The van der Waals surface area contributed by atoms with E-state index in [1.54, 1.807) is 0 Å². The topological polar surface area (TPSA) is 29.9 Å². The van der Waals surface area contributed by atoms with Gasteiger partial charge in [0.2, 0.25) is 0 Å². The van der Waals surface area contributed by atoms with Gasteiger partial charge in [0, 0.05) is 25.8 Å². The first-order chi connectivity index (χ1) is 7.72. The Morgan fingerprint density at radius 3 is 2.88 bits per heavy atom. The van der Waals surface area contributed by atoms with Crippen LogP contribution in [0.4, 0.5) is 0 Å². The third-order valence-electron chi connectivity index (χ3n) is 4.22. The highest BCUT2D eigenvalue weighted by Gasteiger charge is 2.30. The lowest BCUT2D eigenvalue weighted by Crippen LogP contribution is -2.32. The van der Waals surface area contributed by atoms with Gasteiger partial charge in [-0.2, -0.15) is 5.10 Å². The van der Waals surface area contributed by atoms with E-state index in [0.29, 0.717) is 6.04 Å². The quantitative estimate of drug-likeness (QED) is 0.845. The van der Waals surface area contributed by atoms with E-state index < -0.39 is 0 Å².